The molecule has 0 aromatic carbocycles. The van der Waals surface area contributed by atoms with E-state index in [-0.39, 0.29) is 6.23 Å². The molecule has 1 saturated carbocycles. The molecule has 0 radical (unpaired) electrons. The van der Waals surface area contributed by atoms with Crippen molar-refractivity contribution >= 4 is 0 Å². The lowest BCUT2D eigenvalue weighted by Gasteiger charge is -2.37. The fourth-order valence-corrected chi connectivity index (χ4v) is 6.64. The van der Waals surface area contributed by atoms with Gasteiger partial charge in [0, 0.05) is 44.2 Å². The summed E-state index contributed by atoms with van der Waals surface area (Å²) in [5, 5.41) is 6.42. The maximum atomic E-state index is 6.14. The lowest BCUT2D eigenvalue weighted by Crippen LogP contribution is -3.15. The Balaban J connectivity index is 1.09. The van der Waals surface area contributed by atoms with E-state index in [0.717, 1.165) is 32.2 Å². The summed E-state index contributed by atoms with van der Waals surface area (Å²) in [4.78, 5) is 10.6. The summed E-state index contributed by atoms with van der Waals surface area (Å²) >= 11 is 0. The number of nitrogens with zero attached hydrogens (tertiary/aromatic N) is 1. The summed E-state index contributed by atoms with van der Waals surface area (Å²) in [5.41, 5.74) is 3.39. The Hall–Kier alpha value is -0.280. The maximum absolute atomic E-state index is 6.14. The second kappa shape index (κ2) is 9.90. The van der Waals surface area contributed by atoms with Crippen LogP contribution in [-0.4, -0.2) is 75.4 Å². The van der Waals surface area contributed by atoms with E-state index in [1.54, 1.807) is 4.90 Å². The number of nitrogens with one attached hydrogen (secondary N) is 3. The number of hydroxylamine groups is 1. The molecule has 4 aliphatic heterocycles. The van der Waals surface area contributed by atoms with Crippen LogP contribution in [0.25, 0.3) is 0 Å². The molecule has 0 bridgehead atoms. The first-order valence-electron chi connectivity index (χ1n) is 12.5. The second-order valence-electron chi connectivity index (χ2n) is 10.2. The molecular weight excluding hydrogens is 366 g/mol. The maximum Gasteiger partial charge on any atom is 0.183 e. The first kappa shape index (κ1) is 20.6. The van der Waals surface area contributed by atoms with Crippen LogP contribution in [0.4, 0.5) is 0 Å². The van der Waals surface area contributed by atoms with Crippen molar-refractivity contribution in [1.82, 2.24) is 15.7 Å². The summed E-state index contributed by atoms with van der Waals surface area (Å²) in [6, 6.07) is 0.628. The molecule has 1 aliphatic carbocycles. The average Bonchev–Trinajstić information content (AvgIpc) is 3.45. The molecule has 5 fully saturated rings. The molecule has 0 amide bonds. The number of rotatable bonds is 5. The third-order valence-corrected chi connectivity index (χ3v) is 8.37. The Morgan fingerprint density at radius 1 is 0.966 bits per heavy atom. The van der Waals surface area contributed by atoms with Crippen molar-refractivity contribution in [3.8, 4) is 0 Å². The zero-order chi connectivity index (χ0) is 19.5. The molecule has 0 spiro atoms. The number of piperidine rings is 1. The van der Waals surface area contributed by atoms with Gasteiger partial charge < -0.3 is 15.0 Å². The zero-order valence-corrected chi connectivity index (χ0v) is 18.1. The molecule has 166 valence electrons. The standard InChI is InChI=1S/C22H41N5O2/c1-2-5-17(6-3-1)16-27-10-4-7-19(27)22-24-21(25-29-22)18-8-9-20(23-15-18)26-11-13-28-14-12-26/h17-25H,1-16H2/p+2/t18?,19-,20?,21?,22?/m0/s1. The van der Waals surface area contributed by atoms with Crippen molar-refractivity contribution in [3.63, 3.8) is 0 Å². The van der Waals surface area contributed by atoms with Crippen LogP contribution in [0.5, 0.6) is 0 Å². The molecule has 0 aromatic rings. The minimum atomic E-state index is 0.193. The summed E-state index contributed by atoms with van der Waals surface area (Å²) in [5.74, 6) is 1.61. The van der Waals surface area contributed by atoms with E-state index in [1.807, 2.05) is 0 Å². The van der Waals surface area contributed by atoms with Gasteiger partial charge in [-0.05, 0) is 19.3 Å². The van der Waals surface area contributed by atoms with Gasteiger partial charge in [0.1, 0.15) is 12.2 Å². The zero-order valence-electron chi connectivity index (χ0n) is 18.1. The molecule has 5 unspecified atom stereocenters. The Bertz CT molecular complexity index is 503. The monoisotopic (exact) mass is 409 g/mol. The van der Waals surface area contributed by atoms with Crippen LogP contribution in [0.15, 0.2) is 0 Å². The molecular formula is C22H43N5O2+2. The van der Waals surface area contributed by atoms with Gasteiger partial charge in [-0.25, -0.2) is 4.90 Å². The summed E-state index contributed by atoms with van der Waals surface area (Å²) in [6.45, 7) is 7.88. The third kappa shape index (κ3) is 4.97. The van der Waals surface area contributed by atoms with Crippen molar-refractivity contribution in [3.05, 3.63) is 0 Å². The van der Waals surface area contributed by atoms with Crippen molar-refractivity contribution < 1.29 is 19.8 Å². The minimum Gasteiger partial charge on any atom is -0.379 e. The van der Waals surface area contributed by atoms with Crippen LogP contribution in [-0.2, 0) is 9.57 Å². The van der Waals surface area contributed by atoms with Gasteiger partial charge in [-0.2, -0.15) is 5.48 Å². The van der Waals surface area contributed by atoms with Crippen LogP contribution >= 0.6 is 0 Å². The molecule has 0 aromatic heterocycles. The van der Waals surface area contributed by atoms with Crippen LogP contribution in [0, 0.1) is 11.8 Å². The van der Waals surface area contributed by atoms with Gasteiger partial charge >= 0.3 is 0 Å². The molecule has 5 N–H and O–H groups in total. The summed E-state index contributed by atoms with van der Waals surface area (Å²) < 4.78 is 5.52. The number of hydrogen-bond acceptors (Lipinski definition) is 5. The largest absolute Gasteiger partial charge is 0.379 e. The van der Waals surface area contributed by atoms with E-state index in [2.05, 4.69) is 21.0 Å². The van der Waals surface area contributed by atoms with E-state index in [9.17, 15) is 0 Å². The van der Waals surface area contributed by atoms with Gasteiger partial charge in [-0.3, -0.25) is 10.2 Å². The quantitative estimate of drug-likeness (QED) is 0.470. The van der Waals surface area contributed by atoms with E-state index in [4.69, 9.17) is 9.57 Å². The van der Waals surface area contributed by atoms with Crippen molar-refractivity contribution in [2.75, 3.05) is 45.9 Å². The molecule has 6 atom stereocenters. The van der Waals surface area contributed by atoms with Gasteiger partial charge in [0.15, 0.2) is 6.23 Å². The highest BCUT2D eigenvalue weighted by Gasteiger charge is 2.44. The van der Waals surface area contributed by atoms with Crippen molar-refractivity contribution in [2.45, 2.75) is 82.4 Å². The normalized spacial score (nSPS) is 43.0. The minimum absolute atomic E-state index is 0.193. The topological polar surface area (TPSA) is 66.8 Å². The van der Waals surface area contributed by atoms with Crippen LogP contribution in [0.2, 0.25) is 0 Å². The molecule has 4 saturated heterocycles. The molecule has 5 aliphatic rings. The number of likely N-dealkylation sites (tertiary alicyclic amines) is 1. The van der Waals surface area contributed by atoms with Gasteiger partial charge in [0.25, 0.3) is 0 Å². The molecule has 7 heteroatoms. The van der Waals surface area contributed by atoms with Gasteiger partial charge in [-0.1, -0.05) is 19.3 Å². The number of nitrogens with two attached hydrogens (primary N) is 1. The number of morpholine rings is 1. The lowest BCUT2D eigenvalue weighted by molar-refractivity contribution is -0.919. The predicted octanol–water partition coefficient (Wildman–Crippen LogP) is -0.978. The van der Waals surface area contributed by atoms with Gasteiger partial charge in [-0.15, -0.1) is 0 Å². The first-order valence-corrected chi connectivity index (χ1v) is 12.5. The summed E-state index contributed by atoms with van der Waals surface area (Å²) in [7, 11) is 0. The molecule has 7 nitrogen and oxygen atoms in total. The van der Waals surface area contributed by atoms with E-state index in [1.165, 1.54) is 77.4 Å². The molecule has 29 heavy (non-hydrogen) atoms. The number of ether oxygens (including phenoxy) is 1. The highest BCUT2D eigenvalue weighted by Crippen LogP contribution is 2.24. The summed E-state index contributed by atoms with van der Waals surface area (Å²) in [6.07, 6.45) is 13.7. The predicted molar refractivity (Wildman–Crippen MR) is 111 cm³/mol. The Labute approximate surface area is 176 Å². The first-order chi connectivity index (χ1) is 14.4. The third-order valence-electron chi connectivity index (χ3n) is 8.37. The fourth-order valence-electron chi connectivity index (χ4n) is 6.64. The number of quaternary nitrogens is 2. The highest BCUT2D eigenvalue weighted by atomic mass is 16.7. The molecule has 4 heterocycles. The average molecular weight is 410 g/mol. The van der Waals surface area contributed by atoms with Crippen LogP contribution < -0.4 is 21.0 Å². The second-order valence-corrected chi connectivity index (χ2v) is 10.2. The van der Waals surface area contributed by atoms with Gasteiger partial charge in [0.2, 0.25) is 0 Å². The van der Waals surface area contributed by atoms with Crippen LogP contribution in [0.3, 0.4) is 0 Å². The highest BCUT2D eigenvalue weighted by molar-refractivity contribution is 4.84. The Morgan fingerprint density at radius 2 is 1.83 bits per heavy atom. The van der Waals surface area contributed by atoms with Crippen molar-refractivity contribution in [2.24, 2.45) is 11.8 Å². The van der Waals surface area contributed by atoms with Gasteiger partial charge in [0.05, 0.1) is 39.0 Å². The smallest absolute Gasteiger partial charge is 0.183 e. The SMILES string of the molecule is C1CCC(C[NH+]2CCC[C@H]2C2NC(C3CCC(N4CCOCC4)[NH2+]C3)NO2)CC1. The Kier molecular flexibility index (Phi) is 7.03. The lowest BCUT2D eigenvalue weighted by atomic mass is 9.89. The fraction of sp³-hybridized carbons (Fsp3) is 1.00. The van der Waals surface area contributed by atoms with Crippen LogP contribution in [0.1, 0.15) is 57.8 Å². The van der Waals surface area contributed by atoms with E-state index >= 15 is 0 Å². The molecule has 5 rings (SSSR count). The number of hydrogen-bond donors (Lipinski definition) is 4. The Morgan fingerprint density at radius 3 is 2.62 bits per heavy atom. The van der Waals surface area contributed by atoms with E-state index in [0.29, 0.717) is 24.3 Å². The van der Waals surface area contributed by atoms with E-state index < -0.39 is 0 Å². The van der Waals surface area contributed by atoms with Crippen molar-refractivity contribution in [1.29, 1.82) is 0 Å².